The summed E-state index contributed by atoms with van der Waals surface area (Å²) >= 11 is 0. The number of benzene rings is 2. The second kappa shape index (κ2) is 10.0. The summed E-state index contributed by atoms with van der Waals surface area (Å²) in [4.78, 5) is 24.2. The van der Waals surface area contributed by atoms with E-state index in [9.17, 15) is 9.59 Å². The molecule has 0 heterocycles. The molecule has 142 valence electrons. The Morgan fingerprint density at radius 2 is 1.67 bits per heavy atom. The highest BCUT2D eigenvalue weighted by atomic mass is 16.5. The molecule has 0 aromatic heterocycles. The molecule has 0 aliphatic heterocycles. The van der Waals surface area contributed by atoms with Crippen molar-refractivity contribution in [2.75, 3.05) is 6.61 Å². The standard InChI is InChI=1S/C21H24N2O4/c1-4-14-26-18-12-8-17(9-13-18)21(25)23-22-20(24)15(3)27-19-10-6-16(5-2)7-11-19/h4,6-13,15H,1,5,14H2,2-3H3,(H,22,24)(H,23,25). The van der Waals surface area contributed by atoms with Gasteiger partial charge in [-0.25, -0.2) is 0 Å². The summed E-state index contributed by atoms with van der Waals surface area (Å²) in [7, 11) is 0. The molecule has 6 nitrogen and oxygen atoms in total. The summed E-state index contributed by atoms with van der Waals surface area (Å²) in [6.07, 6.45) is 1.81. The molecule has 2 aromatic rings. The van der Waals surface area contributed by atoms with E-state index in [0.29, 0.717) is 23.7 Å². The Labute approximate surface area is 159 Å². The highest BCUT2D eigenvalue weighted by Gasteiger charge is 2.16. The van der Waals surface area contributed by atoms with E-state index in [1.165, 1.54) is 5.56 Å². The van der Waals surface area contributed by atoms with Crippen molar-refractivity contribution in [3.05, 3.63) is 72.3 Å². The van der Waals surface area contributed by atoms with Crippen LogP contribution in [-0.4, -0.2) is 24.5 Å². The molecule has 0 aliphatic rings. The fraction of sp³-hybridized carbons (Fsp3) is 0.238. The van der Waals surface area contributed by atoms with E-state index in [1.807, 2.05) is 24.3 Å². The van der Waals surface area contributed by atoms with Crippen LogP contribution < -0.4 is 20.3 Å². The molecule has 0 saturated heterocycles. The van der Waals surface area contributed by atoms with E-state index < -0.39 is 17.9 Å². The number of nitrogens with one attached hydrogen (secondary N) is 2. The maximum atomic E-state index is 12.1. The van der Waals surface area contributed by atoms with Gasteiger partial charge in [0, 0.05) is 5.56 Å². The number of carbonyl (C=O) groups is 2. The topological polar surface area (TPSA) is 76.7 Å². The Kier molecular flexibility index (Phi) is 7.43. The first-order valence-corrected chi connectivity index (χ1v) is 8.73. The number of hydrazine groups is 1. The zero-order valence-electron chi connectivity index (χ0n) is 15.5. The van der Waals surface area contributed by atoms with Crippen molar-refractivity contribution in [1.82, 2.24) is 10.9 Å². The summed E-state index contributed by atoms with van der Waals surface area (Å²) in [5, 5.41) is 0. The molecule has 0 spiro atoms. The Bertz CT molecular complexity index is 770. The van der Waals surface area contributed by atoms with Crippen LogP contribution in [0.5, 0.6) is 11.5 Å². The third-order valence-corrected chi connectivity index (χ3v) is 3.80. The number of hydrogen-bond donors (Lipinski definition) is 2. The molecule has 0 bridgehead atoms. The minimum Gasteiger partial charge on any atom is -0.490 e. The van der Waals surface area contributed by atoms with Gasteiger partial charge in [0.2, 0.25) is 0 Å². The van der Waals surface area contributed by atoms with Gasteiger partial charge in [0.1, 0.15) is 18.1 Å². The summed E-state index contributed by atoms with van der Waals surface area (Å²) in [5.74, 6) is 0.342. The first-order chi connectivity index (χ1) is 13.0. The van der Waals surface area contributed by atoms with Gasteiger partial charge in [0.15, 0.2) is 6.10 Å². The summed E-state index contributed by atoms with van der Waals surface area (Å²) in [5.41, 5.74) is 6.32. The van der Waals surface area contributed by atoms with E-state index in [0.717, 1.165) is 6.42 Å². The third kappa shape index (κ3) is 6.18. The van der Waals surface area contributed by atoms with Crippen molar-refractivity contribution < 1.29 is 19.1 Å². The predicted molar refractivity (Wildman–Crippen MR) is 104 cm³/mol. The molecule has 1 unspecified atom stereocenters. The minimum atomic E-state index is -0.757. The second-order valence-corrected chi connectivity index (χ2v) is 5.83. The Hall–Kier alpha value is -3.28. The number of ether oxygens (including phenoxy) is 2. The van der Waals surface area contributed by atoms with Crippen molar-refractivity contribution >= 4 is 11.8 Å². The lowest BCUT2D eigenvalue weighted by Crippen LogP contribution is -2.47. The van der Waals surface area contributed by atoms with E-state index in [4.69, 9.17) is 9.47 Å². The van der Waals surface area contributed by atoms with Crippen molar-refractivity contribution in [3.8, 4) is 11.5 Å². The molecule has 0 aliphatic carbocycles. The van der Waals surface area contributed by atoms with Crippen LogP contribution in [0.1, 0.15) is 29.8 Å². The Balaban J connectivity index is 1.82. The van der Waals surface area contributed by atoms with Crippen LogP contribution in [0.2, 0.25) is 0 Å². The highest BCUT2D eigenvalue weighted by molar-refractivity contribution is 5.95. The molecule has 27 heavy (non-hydrogen) atoms. The van der Waals surface area contributed by atoms with Crippen molar-refractivity contribution in [2.45, 2.75) is 26.4 Å². The van der Waals surface area contributed by atoms with Gasteiger partial charge in [-0.1, -0.05) is 31.7 Å². The number of amides is 2. The fourth-order valence-electron chi connectivity index (χ4n) is 2.21. The van der Waals surface area contributed by atoms with Crippen molar-refractivity contribution in [1.29, 1.82) is 0 Å². The van der Waals surface area contributed by atoms with E-state index in [2.05, 4.69) is 24.4 Å². The molecule has 2 rings (SSSR count). The van der Waals surface area contributed by atoms with Gasteiger partial charge in [0.25, 0.3) is 11.8 Å². The summed E-state index contributed by atoms with van der Waals surface area (Å²) in [6.45, 7) is 7.64. The lowest BCUT2D eigenvalue weighted by atomic mass is 10.2. The molecular weight excluding hydrogens is 344 g/mol. The zero-order chi connectivity index (χ0) is 19.6. The molecule has 2 N–H and O–H groups in total. The first-order valence-electron chi connectivity index (χ1n) is 8.73. The number of aryl methyl sites for hydroxylation is 1. The SMILES string of the molecule is C=CCOc1ccc(C(=O)NNC(=O)C(C)Oc2ccc(CC)cc2)cc1. The largest absolute Gasteiger partial charge is 0.490 e. The highest BCUT2D eigenvalue weighted by Crippen LogP contribution is 2.14. The summed E-state index contributed by atoms with van der Waals surface area (Å²) in [6, 6.07) is 14.1. The third-order valence-electron chi connectivity index (χ3n) is 3.80. The van der Waals surface area contributed by atoms with Gasteiger partial charge in [-0.15, -0.1) is 0 Å². The van der Waals surface area contributed by atoms with E-state index >= 15 is 0 Å². The normalized spacial score (nSPS) is 11.2. The summed E-state index contributed by atoms with van der Waals surface area (Å²) < 4.78 is 10.9. The molecule has 1 atom stereocenters. The van der Waals surface area contributed by atoms with Gasteiger partial charge in [-0.3, -0.25) is 20.4 Å². The second-order valence-electron chi connectivity index (χ2n) is 5.83. The molecule has 6 heteroatoms. The van der Waals surface area contributed by atoms with Crippen molar-refractivity contribution in [3.63, 3.8) is 0 Å². The molecular formula is C21H24N2O4. The van der Waals surface area contributed by atoms with Crippen LogP contribution >= 0.6 is 0 Å². The lowest BCUT2D eigenvalue weighted by Gasteiger charge is -2.15. The van der Waals surface area contributed by atoms with Gasteiger partial charge in [-0.2, -0.15) is 0 Å². The molecule has 0 fully saturated rings. The number of carbonyl (C=O) groups excluding carboxylic acids is 2. The van der Waals surface area contributed by atoms with Gasteiger partial charge >= 0.3 is 0 Å². The predicted octanol–water partition coefficient (Wildman–Crippen LogP) is 3.04. The van der Waals surface area contributed by atoms with Crippen LogP contribution in [0.25, 0.3) is 0 Å². The Morgan fingerprint density at radius 3 is 2.26 bits per heavy atom. The number of rotatable bonds is 8. The average Bonchev–Trinajstić information content (AvgIpc) is 2.71. The minimum absolute atomic E-state index is 0.390. The van der Waals surface area contributed by atoms with Crippen LogP contribution in [0, 0.1) is 0 Å². The molecule has 2 aromatic carbocycles. The Morgan fingerprint density at radius 1 is 1.04 bits per heavy atom. The van der Waals surface area contributed by atoms with Crippen molar-refractivity contribution in [2.24, 2.45) is 0 Å². The smallest absolute Gasteiger partial charge is 0.279 e. The van der Waals surface area contributed by atoms with Gasteiger partial charge in [0.05, 0.1) is 0 Å². The van der Waals surface area contributed by atoms with Crippen LogP contribution in [0.15, 0.2) is 61.2 Å². The molecule has 2 amide bonds. The monoisotopic (exact) mass is 368 g/mol. The lowest BCUT2D eigenvalue weighted by molar-refractivity contribution is -0.128. The van der Waals surface area contributed by atoms with Crippen LogP contribution in [-0.2, 0) is 11.2 Å². The van der Waals surface area contributed by atoms with Crippen LogP contribution in [0.4, 0.5) is 0 Å². The quantitative estimate of drug-likeness (QED) is 0.555. The molecule has 0 radical (unpaired) electrons. The van der Waals surface area contributed by atoms with E-state index in [1.54, 1.807) is 37.3 Å². The molecule has 0 saturated carbocycles. The van der Waals surface area contributed by atoms with Gasteiger partial charge in [-0.05, 0) is 55.3 Å². The zero-order valence-corrected chi connectivity index (χ0v) is 15.5. The first kappa shape index (κ1) is 20.0. The number of hydrogen-bond acceptors (Lipinski definition) is 4. The average molecular weight is 368 g/mol. The maximum Gasteiger partial charge on any atom is 0.279 e. The van der Waals surface area contributed by atoms with Crippen LogP contribution in [0.3, 0.4) is 0 Å². The van der Waals surface area contributed by atoms with Gasteiger partial charge < -0.3 is 9.47 Å². The maximum absolute atomic E-state index is 12.1. The van der Waals surface area contributed by atoms with E-state index in [-0.39, 0.29) is 0 Å². The fourth-order valence-corrected chi connectivity index (χ4v) is 2.21.